The Morgan fingerprint density at radius 1 is 1.27 bits per heavy atom. The molecule has 2 bridgehead atoms. The zero-order chi connectivity index (χ0) is 18.6. The average Bonchev–Trinajstić information content (AvgIpc) is 2.95. The Morgan fingerprint density at radius 2 is 2.00 bits per heavy atom. The zero-order valence-electron chi connectivity index (χ0n) is 15.9. The Morgan fingerprint density at radius 3 is 2.65 bits per heavy atom. The van der Waals surface area contributed by atoms with E-state index in [1.54, 1.807) is 6.92 Å². The molecule has 2 heterocycles. The van der Waals surface area contributed by atoms with Gasteiger partial charge in [0.15, 0.2) is 0 Å². The molecule has 1 aliphatic carbocycles. The number of carbonyl (C=O) groups is 2. The van der Waals surface area contributed by atoms with Crippen molar-refractivity contribution in [3.63, 3.8) is 0 Å². The van der Waals surface area contributed by atoms with Gasteiger partial charge in [-0.2, -0.15) is 0 Å². The number of amides is 1. The molecule has 0 unspecified atom stereocenters. The summed E-state index contributed by atoms with van der Waals surface area (Å²) in [5.41, 5.74) is 3.28. The number of methoxy groups -OCH3 is 1. The van der Waals surface area contributed by atoms with Crippen LogP contribution in [0.25, 0.3) is 10.9 Å². The molecule has 0 radical (unpaired) electrons. The highest BCUT2D eigenvalue weighted by Gasteiger charge is 2.50. The number of nitrogens with zero attached hydrogens (tertiary/aromatic N) is 2. The van der Waals surface area contributed by atoms with Crippen molar-refractivity contribution in [3.05, 3.63) is 35.5 Å². The molecule has 4 atom stereocenters. The fraction of sp³-hybridized carbons (Fsp3) is 0.524. The van der Waals surface area contributed by atoms with E-state index < -0.39 is 0 Å². The van der Waals surface area contributed by atoms with E-state index in [0.29, 0.717) is 5.92 Å². The van der Waals surface area contributed by atoms with Crippen LogP contribution in [0.2, 0.25) is 0 Å². The van der Waals surface area contributed by atoms with E-state index in [-0.39, 0.29) is 29.8 Å². The Bertz CT molecular complexity index is 885. The van der Waals surface area contributed by atoms with E-state index >= 15 is 0 Å². The summed E-state index contributed by atoms with van der Waals surface area (Å²) in [7, 11) is 3.52. The van der Waals surface area contributed by atoms with Crippen molar-refractivity contribution < 1.29 is 14.3 Å². The Kier molecular flexibility index (Phi) is 4.05. The van der Waals surface area contributed by atoms with Crippen LogP contribution in [0.3, 0.4) is 0 Å². The number of aryl methyl sites for hydroxylation is 1. The molecule has 0 saturated carbocycles. The second-order valence-electron chi connectivity index (χ2n) is 7.63. The number of likely N-dealkylation sites (tertiary alicyclic amines) is 1. The van der Waals surface area contributed by atoms with Gasteiger partial charge < -0.3 is 14.2 Å². The molecule has 5 heteroatoms. The maximum atomic E-state index is 12.8. The first kappa shape index (κ1) is 17.1. The van der Waals surface area contributed by atoms with Gasteiger partial charge in [-0.3, -0.25) is 9.59 Å². The molecular weight excluding hydrogens is 328 g/mol. The van der Waals surface area contributed by atoms with Gasteiger partial charge in [0.25, 0.3) is 0 Å². The molecule has 1 aromatic heterocycles. The summed E-state index contributed by atoms with van der Waals surface area (Å²) < 4.78 is 7.40. The highest BCUT2D eigenvalue weighted by Crippen LogP contribution is 2.54. The number of para-hydroxylation sites is 1. The minimum absolute atomic E-state index is 0.0357. The van der Waals surface area contributed by atoms with Gasteiger partial charge in [0, 0.05) is 37.1 Å². The van der Waals surface area contributed by atoms with E-state index in [9.17, 15) is 9.59 Å². The van der Waals surface area contributed by atoms with Crippen LogP contribution in [0, 0.1) is 11.8 Å². The molecule has 26 heavy (non-hydrogen) atoms. The normalized spacial score (nSPS) is 27.3. The molecule has 1 aliphatic heterocycles. The SMILES string of the molecule is CC[C@H]1CN(C(C)=O)[C@@H]2C[C@H]1[C@@H](C(=O)OC)c1c2n(C)c2ccccc12. The van der Waals surface area contributed by atoms with Gasteiger partial charge in [0.2, 0.25) is 5.91 Å². The van der Waals surface area contributed by atoms with Gasteiger partial charge in [0.05, 0.1) is 19.1 Å². The molecule has 4 rings (SSSR count). The number of hydrogen-bond acceptors (Lipinski definition) is 3. The fourth-order valence-corrected chi connectivity index (χ4v) is 5.35. The standard InChI is InChI=1S/C21H26N2O3/c1-5-13-11-23(12(2)24)17-10-15(13)19(21(25)26-4)18-14-8-6-7-9-16(14)22(3)20(17)18/h6-9,13,15,17,19H,5,10-11H2,1-4H3/t13-,15+,17+,19+/m0/s1. The molecule has 1 saturated heterocycles. The van der Waals surface area contributed by atoms with Gasteiger partial charge in [-0.05, 0) is 29.9 Å². The van der Waals surface area contributed by atoms with Crippen molar-refractivity contribution in [3.8, 4) is 0 Å². The summed E-state index contributed by atoms with van der Waals surface area (Å²) in [6.45, 7) is 4.52. The lowest BCUT2D eigenvalue weighted by Gasteiger charge is -2.49. The second-order valence-corrected chi connectivity index (χ2v) is 7.63. The number of aromatic nitrogens is 1. The lowest BCUT2D eigenvalue weighted by atomic mass is 9.65. The molecular formula is C21H26N2O3. The van der Waals surface area contributed by atoms with Crippen molar-refractivity contribution in [1.29, 1.82) is 0 Å². The topological polar surface area (TPSA) is 51.5 Å². The van der Waals surface area contributed by atoms with Crippen LogP contribution >= 0.6 is 0 Å². The largest absolute Gasteiger partial charge is 0.469 e. The van der Waals surface area contributed by atoms with Crippen molar-refractivity contribution in [2.24, 2.45) is 18.9 Å². The molecule has 0 N–H and O–H groups in total. The van der Waals surface area contributed by atoms with E-state index in [0.717, 1.165) is 41.5 Å². The van der Waals surface area contributed by atoms with Crippen LogP contribution in [0.15, 0.2) is 24.3 Å². The highest BCUT2D eigenvalue weighted by atomic mass is 16.5. The van der Waals surface area contributed by atoms with Crippen LogP contribution in [0.4, 0.5) is 0 Å². The fourth-order valence-electron chi connectivity index (χ4n) is 5.35. The van der Waals surface area contributed by atoms with Gasteiger partial charge in [-0.15, -0.1) is 0 Å². The van der Waals surface area contributed by atoms with Gasteiger partial charge >= 0.3 is 5.97 Å². The molecule has 5 nitrogen and oxygen atoms in total. The van der Waals surface area contributed by atoms with Crippen molar-refractivity contribution in [2.45, 2.75) is 38.6 Å². The number of piperidine rings is 1. The molecule has 0 spiro atoms. The third-order valence-corrected chi connectivity index (χ3v) is 6.54. The number of rotatable bonds is 2. The molecule has 1 amide bonds. The van der Waals surface area contributed by atoms with Crippen molar-refractivity contribution >= 4 is 22.8 Å². The van der Waals surface area contributed by atoms with Crippen LogP contribution in [0.5, 0.6) is 0 Å². The minimum atomic E-state index is -0.253. The molecule has 2 aliphatic rings. The van der Waals surface area contributed by atoms with Crippen molar-refractivity contribution in [2.75, 3.05) is 13.7 Å². The predicted octanol–water partition coefficient (Wildman–Crippen LogP) is 3.38. The van der Waals surface area contributed by atoms with Crippen LogP contribution in [0.1, 0.15) is 49.9 Å². The summed E-state index contributed by atoms with van der Waals surface area (Å²) in [6, 6.07) is 8.24. The first-order chi connectivity index (χ1) is 12.5. The first-order valence-corrected chi connectivity index (χ1v) is 9.41. The van der Waals surface area contributed by atoms with E-state index in [4.69, 9.17) is 4.74 Å². The summed E-state index contributed by atoms with van der Waals surface area (Å²) in [4.78, 5) is 27.3. The number of carbonyl (C=O) groups excluding carboxylic acids is 2. The van der Waals surface area contributed by atoms with E-state index in [1.165, 1.54) is 7.11 Å². The van der Waals surface area contributed by atoms with Crippen molar-refractivity contribution in [1.82, 2.24) is 9.47 Å². The average molecular weight is 354 g/mol. The van der Waals surface area contributed by atoms with E-state index in [1.807, 2.05) is 24.1 Å². The van der Waals surface area contributed by atoms with Gasteiger partial charge in [0.1, 0.15) is 0 Å². The van der Waals surface area contributed by atoms with Crippen LogP contribution in [-0.4, -0.2) is 35.0 Å². The summed E-state index contributed by atoms with van der Waals surface area (Å²) >= 11 is 0. The first-order valence-electron chi connectivity index (χ1n) is 9.41. The zero-order valence-corrected chi connectivity index (χ0v) is 15.9. The van der Waals surface area contributed by atoms with Crippen LogP contribution in [-0.2, 0) is 21.4 Å². The Balaban J connectivity index is 2.02. The Labute approximate surface area is 153 Å². The molecule has 1 fully saturated rings. The maximum absolute atomic E-state index is 12.8. The quantitative estimate of drug-likeness (QED) is 0.777. The Hall–Kier alpha value is -2.30. The number of benzene rings is 1. The third-order valence-electron chi connectivity index (χ3n) is 6.54. The lowest BCUT2D eigenvalue weighted by Crippen LogP contribution is -2.50. The summed E-state index contributed by atoms with van der Waals surface area (Å²) in [5, 5.41) is 1.11. The summed E-state index contributed by atoms with van der Waals surface area (Å²) in [6.07, 6.45) is 1.78. The summed E-state index contributed by atoms with van der Waals surface area (Å²) in [5.74, 6) is 0.231. The molecule has 1 aromatic carbocycles. The third kappa shape index (κ3) is 2.22. The number of hydrogen-bond donors (Lipinski definition) is 0. The van der Waals surface area contributed by atoms with Gasteiger partial charge in [-0.25, -0.2) is 0 Å². The number of esters is 1. The molecule has 2 aromatic rings. The smallest absolute Gasteiger partial charge is 0.313 e. The van der Waals surface area contributed by atoms with Crippen LogP contribution < -0.4 is 0 Å². The lowest BCUT2D eigenvalue weighted by molar-refractivity contribution is -0.147. The number of ether oxygens (including phenoxy) is 1. The highest BCUT2D eigenvalue weighted by molar-refractivity contribution is 5.93. The minimum Gasteiger partial charge on any atom is -0.469 e. The monoisotopic (exact) mass is 354 g/mol. The second kappa shape index (κ2) is 6.15. The maximum Gasteiger partial charge on any atom is 0.313 e. The number of fused-ring (bicyclic) bond motifs is 6. The van der Waals surface area contributed by atoms with E-state index in [2.05, 4.69) is 23.6 Å². The molecule has 138 valence electrons. The predicted molar refractivity (Wildman–Crippen MR) is 99.7 cm³/mol. The van der Waals surface area contributed by atoms with Gasteiger partial charge in [-0.1, -0.05) is 31.5 Å².